The molecule has 0 aromatic rings. The minimum Gasteiger partial charge on any atom is -0.409 e. The fourth-order valence-electron chi connectivity index (χ4n) is 0.612. The van der Waals surface area contributed by atoms with Gasteiger partial charge in [0, 0.05) is 0 Å². The smallest absolute Gasteiger partial charge is 0.165 e. The van der Waals surface area contributed by atoms with Gasteiger partial charge in [0.25, 0.3) is 0 Å². The van der Waals surface area contributed by atoms with Crippen LogP contribution in [0, 0.1) is 0 Å². The number of rotatable bonds is 5. The van der Waals surface area contributed by atoms with Crippen molar-refractivity contribution in [3.63, 3.8) is 0 Å². The lowest BCUT2D eigenvalue weighted by Crippen LogP contribution is -2.24. The molecule has 0 unspecified atom stereocenters. The van der Waals surface area contributed by atoms with Crippen molar-refractivity contribution in [1.29, 1.82) is 0 Å². The van der Waals surface area contributed by atoms with E-state index in [4.69, 9.17) is 20.4 Å². The predicted molar refractivity (Wildman–Crippen MR) is 49.9 cm³/mol. The third kappa shape index (κ3) is 9.10. The van der Waals surface area contributed by atoms with Crippen molar-refractivity contribution < 1.29 is 14.7 Å². The molecule has 0 saturated carbocycles. The summed E-state index contributed by atoms with van der Waals surface area (Å²) < 4.78 is 10.4. The number of nitrogens with two attached hydrogens (primary N) is 1. The van der Waals surface area contributed by atoms with E-state index in [0.29, 0.717) is 13.2 Å². The second-order valence-electron chi connectivity index (χ2n) is 3.60. The van der Waals surface area contributed by atoms with Gasteiger partial charge in [-0.1, -0.05) is 5.16 Å². The number of hydrogen-bond donors (Lipinski definition) is 2. The van der Waals surface area contributed by atoms with E-state index in [2.05, 4.69) is 5.16 Å². The van der Waals surface area contributed by atoms with Crippen LogP contribution in [0.25, 0.3) is 0 Å². The number of hydrogen-bond acceptors (Lipinski definition) is 4. The lowest BCUT2D eigenvalue weighted by Gasteiger charge is -2.19. The van der Waals surface area contributed by atoms with Crippen molar-refractivity contribution in [3.05, 3.63) is 0 Å². The molecule has 0 aliphatic carbocycles. The molecule has 0 saturated heterocycles. The average molecular weight is 190 g/mol. The Kier molecular flexibility index (Phi) is 5.41. The molecule has 0 aliphatic rings. The Morgan fingerprint density at radius 1 is 1.38 bits per heavy atom. The molecule has 0 aliphatic heterocycles. The molecule has 3 N–H and O–H groups in total. The number of nitrogens with zero attached hydrogens (tertiary/aromatic N) is 1. The van der Waals surface area contributed by atoms with Gasteiger partial charge in [0.05, 0.1) is 18.8 Å². The lowest BCUT2D eigenvalue weighted by atomic mass is 10.2. The minimum absolute atomic E-state index is 0.0655. The van der Waals surface area contributed by atoms with Crippen molar-refractivity contribution in [2.24, 2.45) is 10.9 Å². The van der Waals surface area contributed by atoms with E-state index in [1.165, 1.54) is 0 Å². The van der Waals surface area contributed by atoms with Crippen LogP contribution in [0.15, 0.2) is 5.16 Å². The molecule has 78 valence electrons. The Labute approximate surface area is 78.5 Å². The van der Waals surface area contributed by atoms with Gasteiger partial charge in [-0.3, -0.25) is 0 Å². The van der Waals surface area contributed by atoms with Gasteiger partial charge < -0.3 is 20.4 Å². The highest BCUT2D eigenvalue weighted by Gasteiger charge is 2.08. The van der Waals surface area contributed by atoms with Gasteiger partial charge in [0.2, 0.25) is 0 Å². The molecule has 0 bridgehead atoms. The summed E-state index contributed by atoms with van der Waals surface area (Å²) in [6.45, 7) is 6.98. The molecule has 5 nitrogen and oxygen atoms in total. The maximum atomic E-state index is 8.17. The molecule has 0 heterocycles. The van der Waals surface area contributed by atoms with Crippen molar-refractivity contribution in [3.8, 4) is 0 Å². The summed E-state index contributed by atoms with van der Waals surface area (Å²) in [6, 6.07) is 0. The first-order chi connectivity index (χ1) is 5.95. The fourth-order valence-corrected chi connectivity index (χ4v) is 0.612. The molecular weight excluding hydrogens is 172 g/mol. The molecule has 0 aromatic carbocycles. The Morgan fingerprint density at radius 2 is 2.00 bits per heavy atom. The third-order valence-corrected chi connectivity index (χ3v) is 1.14. The second-order valence-corrected chi connectivity index (χ2v) is 3.60. The second kappa shape index (κ2) is 5.77. The maximum Gasteiger partial charge on any atom is 0.165 e. The van der Waals surface area contributed by atoms with Gasteiger partial charge in [-0.25, -0.2) is 0 Å². The van der Waals surface area contributed by atoms with Crippen LogP contribution in [0.2, 0.25) is 0 Å². The fraction of sp³-hybridized carbons (Fsp3) is 0.875. The van der Waals surface area contributed by atoms with Crippen LogP contribution in [-0.4, -0.2) is 36.5 Å². The van der Waals surface area contributed by atoms with Crippen molar-refractivity contribution in [1.82, 2.24) is 0 Å². The molecular formula is C8H18N2O3. The quantitative estimate of drug-likeness (QED) is 0.218. The van der Waals surface area contributed by atoms with Crippen LogP contribution < -0.4 is 5.73 Å². The monoisotopic (exact) mass is 190 g/mol. The Balaban J connectivity index is 3.28. The van der Waals surface area contributed by atoms with Crippen LogP contribution in [-0.2, 0) is 9.47 Å². The predicted octanol–water partition coefficient (Wildman–Crippen LogP) is 0.565. The average Bonchev–Trinajstić information content (AvgIpc) is 2.01. The van der Waals surface area contributed by atoms with E-state index in [9.17, 15) is 0 Å². The SMILES string of the molecule is CC(C)(C)OCCOCC(N)=NO. The molecule has 13 heavy (non-hydrogen) atoms. The number of amidine groups is 1. The highest BCUT2D eigenvalue weighted by molar-refractivity contribution is 5.80. The summed E-state index contributed by atoms with van der Waals surface area (Å²) in [6.07, 6.45) is 0. The van der Waals surface area contributed by atoms with Crippen molar-refractivity contribution in [2.45, 2.75) is 26.4 Å². The number of ether oxygens (including phenoxy) is 2. The topological polar surface area (TPSA) is 77.1 Å². The van der Waals surface area contributed by atoms with E-state index < -0.39 is 0 Å². The summed E-state index contributed by atoms with van der Waals surface area (Å²) in [4.78, 5) is 0. The molecule has 5 heteroatoms. The van der Waals surface area contributed by atoms with Crippen molar-refractivity contribution >= 4 is 5.84 Å². The van der Waals surface area contributed by atoms with Gasteiger partial charge in [-0.05, 0) is 20.8 Å². The van der Waals surface area contributed by atoms with Gasteiger partial charge in [0.1, 0.15) is 6.61 Å². The summed E-state index contributed by atoms with van der Waals surface area (Å²) in [5, 5.41) is 10.9. The van der Waals surface area contributed by atoms with Crippen LogP contribution in [0.4, 0.5) is 0 Å². The number of oxime groups is 1. The minimum atomic E-state index is -0.153. The summed E-state index contributed by atoms with van der Waals surface area (Å²) >= 11 is 0. The van der Waals surface area contributed by atoms with Gasteiger partial charge in [0.15, 0.2) is 5.84 Å². The first-order valence-corrected chi connectivity index (χ1v) is 4.14. The van der Waals surface area contributed by atoms with Gasteiger partial charge >= 0.3 is 0 Å². The standard InChI is InChI=1S/C8H18N2O3/c1-8(2,3)13-5-4-12-6-7(9)10-11/h11H,4-6H2,1-3H3,(H2,9,10). The molecule has 0 atom stereocenters. The van der Waals surface area contributed by atoms with Crippen LogP contribution in [0.1, 0.15) is 20.8 Å². The zero-order valence-electron chi connectivity index (χ0n) is 8.41. The Hall–Kier alpha value is -0.810. The molecule has 0 aromatic heterocycles. The third-order valence-electron chi connectivity index (χ3n) is 1.14. The Bertz CT molecular complexity index is 163. The highest BCUT2D eigenvalue weighted by atomic mass is 16.5. The largest absolute Gasteiger partial charge is 0.409 e. The van der Waals surface area contributed by atoms with Crippen LogP contribution >= 0.6 is 0 Å². The zero-order chi connectivity index (χ0) is 10.3. The summed E-state index contributed by atoms with van der Waals surface area (Å²) in [7, 11) is 0. The highest BCUT2D eigenvalue weighted by Crippen LogP contribution is 2.05. The molecule has 0 rings (SSSR count). The summed E-state index contributed by atoms with van der Waals surface area (Å²) in [5.74, 6) is 0.0655. The zero-order valence-corrected chi connectivity index (χ0v) is 8.41. The van der Waals surface area contributed by atoms with Gasteiger partial charge in [-0.2, -0.15) is 0 Å². The summed E-state index contributed by atoms with van der Waals surface area (Å²) in [5.41, 5.74) is 5.02. The van der Waals surface area contributed by atoms with E-state index in [-0.39, 0.29) is 18.0 Å². The normalized spacial score (nSPS) is 13.3. The Morgan fingerprint density at radius 3 is 2.46 bits per heavy atom. The lowest BCUT2D eigenvalue weighted by molar-refractivity contribution is -0.0303. The molecule has 0 radical (unpaired) electrons. The van der Waals surface area contributed by atoms with Crippen molar-refractivity contribution in [2.75, 3.05) is 19.8 Å². The van der Waals surface area contributed by atoms with E-state index >= 15 is 0 Å². The maximum absolute atomic E-state index is 8.17. The molecule has 0 fully saturated rings. The van der Waals surface area contributed by atoms with Gasteiger partial charge in [-0.15, -0.1) is 0 Å². The first kappa shape index (κ1) is 12.2. The van der Waals surface area contributed by atoms with E-state index in [1.807, 2.05) is 20.8 Å². The first-order valence-electron chi connectivity index (χ1n) is 4.14. The van der Waals surface area contributed by atoms with Crippen LogP contribution in [0.5, 0.6) is 0 Å². The molecule has 0 spiro atoms. The van der Waals surface area contributed by atoms with Crippen LogP contribution in [0.3, 0.4) is 0 Å². The van der Waals surface area contributed by atoms with E-state index in [1.54, 1.807) is 0 Å². The van der Waals surface area contributed by atoms with E-state index in [0.717, 1.165) is 0 Å². The molecule has 0 amide bonds.